The molecule has 0 aromatic heterocycles. The number of aryl methyl sites for hydroxylation is 2. The van der Waals surface area contributed by atoms with E-state index in [1.54, 1.807) is 0 Å². The molecule has 0 saturated heterocycles. The van der Waals surface area contributed by atoms with E-state index < -0.39 is 6.09 Å². The number of amides is 1. The van der Waals surface area contributed by atoms with Crippen molar-refractivity contribution in [1.82, 2.24) is 5.32 Å². The van der Waals surface area contributed by atoms with Crippen LogP contribution >= 0.6 is 0 Å². The molecule has 3 aromatic rings. The highest BCUT2D eigenvalue weighted by molar-refractivity contribution is 5.79. The van der Waals surface area contributed by atoms with Crippen LogP contribution < -0.4 is 5.32 Å². The maximum Gasteiger partial charge on any atom is 0.407 e. The van der Waals surface area contributed by atoms with Crippen LogP contribution in [0.15, 0.2) is 66.7 Å². The van der Waals surface area contributed by atoms with Gasteiger partial charge in [-0.2, -0.15) is 0 Å². The highest BCUT2D eigenvalue weighted by Gasteiger charge is 2.29. The lowest BCUT2D eigenvalue weighted by molar-refractivity contribution is 0.132. The number of rotatable bonds is 6. The molecule has 4 rings (SSSR count). The van der Waals surface area contributed by atoms with Crippen LogP contribution in [0.5, 0.6) is 0 Å². The molecule has 1 aliphatic carbocycles. The van der Waals surface area contributed by atoms with E-state index >= 15 is 0 Å². The molecule has 0 spiro atoms. The largest absolute Gasteiger partial charge is 0.449 e. The maximum atomic E-state index is 12.5. The van der Waals surface area contributed by atoms with Gasteiger partial charge in [-0.3, -0.25) is 0 Å². The molecule has 1 amide bonds. The number of fused-ring (bicyclic) bond motifs is 3. The van der Waals surface area contributed by atoms with Crippen LogP contribution in [0.1, 0.15) is 33.7 Å². The predicted octanol–water partition coefficient (Wildman–Crippen LogP) is 4.75. The Morgan fingerprint density at radius 1 is 0.967 bits per heavy atom. The minimum absolute atomic E-state index is 0.0233. The van der Waals surface area contributed by atoms with Gasteiger partial charge in [0.2, 0.25) is 0 Å². The van der Waals surface area contributed by atoms with Crippen molar-refractivity contribution in [2.75, 3.05) is 13.2 Å². The Balaban J connectivity index is 1.41. The minimum Gasteiger partial charge on any atom is -0.449 e. The summed E-state index contributed by atoms with van der Waals surface area (Å²) in [6, 6.07) is 22.4. The lowest BCUT2D eigenvalue weighted by Gasteiger charge is -2.19. The molecule has 0 heterocycles. The summed E-state index contributed by atoms with van der Waals surface area (Å²) in [4.78, 5) is 12.5. The van der Waals surface area contributed by atoms with Crippen molar-refractivity contribution < 1.29 is 14.6 Å². The molecule has 0 fully saturated rings. The van der Waals surface area contributed by atoms with Gasteiger partial charge in [-0.15, -0.1) is 0 Å². The first-order valence-electron chi connectivity index (χ1n) is 10.3. The smallest absolute Gasteiger partial charge is 0.407 e. The van der Waals surface area contributed by atoms with Gasteiger partial charge in [0, 0.05) is 5.92 Å². The number of carbonyl (C=O) groups excluding carboxylic acids is 1. The highest BCUT2D eigenvalue weighted by Crippen LogP contribution is 2.44. The van der Waals surface area contributed by atoms with Gasteiger partial charge in [0.1, 0.15) is 6.61 Å². The second kappa shape index (κ2) is 8.72. The average Bonchev–Trinajstić information content (AvgIpc) is 3.05. The van der Waals surface area contributed by atoms with Crippen LogP contribution in [0, 0.1) is 13.8 Å². The normalized spacial score (nSPS) is 13.4. The molecule has 4 nitrogen and oxygen atoms in total. The minimum atomic E-state index is -0.500. The molecule has 0 unspecified atom stereocenters. The van der Waals surface area contributed by atoms with Gasteiger partial charge >= 0.3 is 6.09 Å². The Labute approximate surface area is 177 Å². The Bertz CT molecular complexity index is 994. The van der Waals surface area contributed by atoms with E-state index in [9.17, 15) is 9.90 Å². The van der Waals surface area contributed by atoms with E-state index in [0.29, 0.717) is 6.42 Å². The first kappa shape index (κ1) is 20.2. The third-order valence-corrected chi connectivity index (χ3v) is 5.65. The lowest BCUT2D eigenvalue weighted by atomic mass is 9.98. The second-order valence-corrected chi connectivity index (χ2v) is 8.05. The third-order valence-electron chi connectivity index (χ3n) is 5.65. The molecule has 0 saturated carbocycles. The standard InChI is InChI=1S/C26H27NO3/c1-17-11-18(2)13-19(12-17)14-20(15-28)27-26(29)30-16-25-23-9-5-3-7-21(23)22-8-4-6-10-24(22)25/h3-13,20,25,28H,14-16H2,1-2H3,(H,27,29)/t20-/m0/s1. The van der Waals surface area contributed by atoms with Crippen LogP contribution in [-0.4, -0.2) is 30.5 Å². The molecule has 30 heavy (non-hydrogen) atoms. The summed E-state index contributed by atoms with van der Waals surface area (Å²) in [6.45, 7) is 4.21. The van der Waals surface area contributed by atoms with Crippen molar-refractivity contribution in [3.63, 3.8) is 0 Å². The molecule has 1 aliphatic rings. The van der Waals surface area contributed by atoms with Gasteiger partial charge in [-0.1, -0.05) is 77.9 Å². The molecule has 0 bridgehead atoms. The van der Waals surface area contributed by atoms with E-state index in [4.69, 9.17) is 4.74 Å². The second-order valence-electron chi connectivity index (χ2n) is 8.05. The zero-order valence-electron chi connectivity index (χ0n) is 17.4. The molecule has 2 N–H and O–H groups in total. The monoisotopic (exact) mass is 401 g/mol. The van der Waals surface area contributed by atoms with Gasteiger partial charge in [0.15, 0.2) is 0 Å². The SMILES string of the molecule is Cc1cc(C)cc(C[C@@H](CO)NC(=O)OCC2c3ccccc3-c3ccccc32)c1. The van der Waals surface area contributed by atoms with E-state index in [1.807, 2.05) is 38.1 Å². The van der Waals surface area contributed by atoms with E-state index in [-0.39, 0.29) is 25.2 Å². The van der Waals surface area contributed by atoms with E-state index in [1.165, 1.54) is 33.4 Å². The van der Waals surface area contributed by atoms with Gasteiger partial charge in [-0.25, -0.2) is 4.79 Å². The number of hydrogen-bond donors (Lipinski definition) is 2. The Morgan fingerprint density at radius 2 is 1.53 bits per heavy atom. The Morgan fingerprint density at radius 3 is 2.10 bits per heavy atom. The number of nitrogens with one attached hydrogen (secondary N) is 1. The van der Waals surface area contributed by atoms with Crippen molar-refractivity contribution in [2.45, 2.75) is 32.2 Å². The Hall–Kier alpha value is -3.11. The number of carbonyl (C=O) groups is 1. The summed E-state index contributed by atoms with van der Waals surface area (Å²) in [5.41, 5.74) is 8.19. The lowest BCUT2D eigenvalue weighted by Crippen LogP contribution is -2.39. The number of alkyl carbamates (subject to hydrolysis) is 1. The fraction of sp³-hybridized carbons (Fsp3) is 0.269. The summed E-state index contributed by atoms with van der Waals surface area (Å²) < 4.78 is 5.60. The van der Waals surface area contributed by atoms with Gasteiger partial charge in [0.25, 0.3) is 0 Å². The molecular weight excluding hydrogens is 374 g/mol. The average molecular weight is 402 g/mol. The van der Waals surface area contributed by atoms with E-state index in [0.717, 1.165) is 5.56 Å². The van der Waals surface area contributed by atoms with Crippen molar-refractivity contribution >= 4 is 6.09 Å². The molecule has 4 heteroatoms. The maximum absolute atomic E-state index is 12.5. The van der Waals surface area contributed by atoms with Crippen LogP contribution in [-0.2, 0) is 11.2 Å². The van der Waals surface area contributed by atoms with Crippen molar-refractivity contribution in [3.05, 3.63) is 94.5 Å². The number of hydrogen-bond acceptors (Lipinski definition) is 3. The number of ether oxygens (including phenoxy) is 1. The molecule has 0 radical (unpaired) electrons. The van der Waals surface area contributed by atoms with Crippen molar-refractivity contribution in [1.29, 1.82) is 0 Å². The zero-order valence-corrected chi connectivity index (χ0v) is 17.4. The molecule has 0 aliphatic heterocycles. The molecule has 154 valence electrons. The van der Waals surface area contributed by atoms with Crippen LogP contribution in [0.25, 0.3) is 11.1 Å². The third kappa shape index (κ3) is 4.24. The molecule has 3 aromatic carbocycles. The number of aliphatic hydroxyl groups excluding tert-OH is 1. The summed E-state index contributed by atoms with van der Waals surface area (Å²) in [7, 11) is 0. The fourth-order valence-corrected chi connectivity index (χ4v) is 4.44. The molecular formula is C26H27NO3. The highest BCUT2D eigenvalue weighted by atomic mass is 16.5. The topological polar surface area (TPSA) is 58.6 Å². The summed E-state index contributed by atoms with van der Waals surface area (Å²) in [6.07, 6.45) is 0.0590. The van der Waals surface area contributed by atoms with Gasteiger partial charge in [-0.05, 0) is 48.1 Å². The number of aliphatic hydroxyl groups is 1. The van der Waals surface area contributed by atoms with Crippen LogP contribution in [0.4, 0.5) is 4.79 Å². The van der Waals surface area contributed by atoms with Crippen molar-refractivity contribution in [3.8, 4) is 11.1 Å². The van der Waals surface area contributed by atoms with Gasteiger partial charge in [0.05, 0.1) is 12.6 Å². The van der Waals surface area contributed by atoms with Crippen LogP contribution in [0.2, 0.25) is 0 Å². The van der Waals surface area contributed by atoms with Gasteiger partial charge < -0.3 is 15.2 Å². The zero-order chi connectivity index (χ0) is 21.1. The quantitative estimate of drug-likeness (QED) is 0.627. The first-order chi connectivity index (χ1) is 14.5. The fourth-order valence-electron chi connectivity index (χ4n) is 4.44. The number of benzene rings is 3. The summed E-state index contributed by atoms with van der Waals surface area (Å²) in [5.74, 6) is 0.0233. The van der Waals surface area contributed by atoms with Crippen LogP contribution in [0.3, 0.4) is 0 Å². The Kier molecular flexibility index (Phi) is 5.86. The van der Waals surface area contributed by atoms with Crippen molar-refractivity contribution in [2.24, 2.45) is 0 Å². The summed E-state index contributed by atoms with van der Waals surface area (Å²) >= 11 is 0. The molecule has 1 atom stereocenters. The first-order valence-corrected chi connectivity index (χ1v) is 10.3. The van der Waals surface area contributed by atoms with E-state index in [2.05, 4.69) is 47.8 Å². The predicted molar refractivity (Wildman–Crippen MR) is 119 cm³/mol. The summed E-state index contributed by atoms with van der Waals surface area (Å²) in [5, 5.41) is 12.6.